The Kier molecular flexibility index (Phi) is 3.88. The number of nitrogens with zero attached hydrogens (tertiary/aromatic N) is 1. The Balaban J connectivity index is 2.01. The minimum absolute atomic E-state index is 0.120. The molecule has 1 atom stereocenters. The van der Waals surface area contributed by atoms with E-state index in [0.717, 1.165) is 18.6 Å². The molecule has 0 radical (unpaired) electrons. The van der Waals surface area contributed by atoms with Crippen molar-refractivity contribution in [2.75, 3.05) is 0 Å². The molecule has 0 amide bonds. The highest BCUT2D eigenvalue weighted by atomic mass is 19.4. The summed E-state index contributed by atoms with van der Waals surface area (Å²) in [5, 5.41) is 10.6. The first kappa shape index (κ1) is 15.9. The Labute approximate surface area is 130 Å². The van der Waals surface area contributed by atoms with Gasteiger partial charge in [-0.25, -0.2) is 4.39 Å². The van der Waals surface area contributed by atoms with E-state index in [1.807, 2.05) is 0 Å². The van der Waals surface area contributed by atoms with Crippen molar-refractivity contribution < 1.29 is 22.7 Å². The summed E-state index contributed by atoms with van der Waals surface area (Å²) in [5.41, 5.74) is -1.43. The normalized spacial score (nSPS) is 18.3. The van der Waals surface area contributed by atoms with Crippen LogP contribution in [0, 0.1) is 5.82 Å². The first-order valence-corrected chi connectivity index (χ1v) is 7.31. The molecule has 2 aromatic rings. The first-order chi connectivity index (χ1) is 10.8. The van der Waals surface area contributed by atoms with E-state index in [-0.39, 0.29) is 5.56 Å². The number of hydrogen-bond acceptors (Lipinski definition) is 2. The van der Waals surface area contributed by atoms with Gasteiger partial charge in [0, 0.05) is 11.6 Å². The van der Waals surface area contributed by atoms with E-state index in [1.54, 1.807) is 18.2 Å². The van der Waals surface area contributed by atoms with Crippen molar-refractivity contribution in [1.29, 1.82) is 0 Å². The number of hydrogen-bond donors (Lipinski definition) is 1. The maximum absolute atomic E-state index is 14.3. The van der Waals surface area contributed by atoms with Gasteiger partial charge in [0.05, 0.1) is 11.3 Å². The fourth-order valence-electron chi connectivity index (χ4n) is 3.16. The molecule has 1 aromatic carbocycles. The van der Waals surface area contributed by atoms with Gasteiger partial charge in [-0.3, -0.25) is 4.98 Å². The van der Waals surface area contributed by atoms with Gasteiger partial charge >= 0.3 is 6.18 Å². The average Bonchev–Trinajstić information content (AvgIpc) is 2.47. The molecule has 1 heterocycles. The molecule has 0 aliphatic heterocycles. The number of alkyl halides is 3. The van der Waals surface area contributed by atoms with Gasteiger partial charge in [-0.15, -0.1) is 0 Å². The minimum atomic E-state index is -4.59. The molecule has 1 N–H and O–H groups in total. The third kappa shape index (κ3) is 2.72. The molecule has 1 saturated carbocycles. The van der Waals surface area contributed by atoms with E-state index < -0.39 is 29.1 Å². The van der Waals surface area contributed by atoms with Crippen LogP contribution < -0.4 is 0 Å². The lowest BCUT2D eigenvalue weighted by Gasteiger charge is -2.46. The number of halogens is 4. The number of aliphatic hydroxyl groups is 1. The molecule has 1 aliphatic rings. The molecule has 6 heteroatoms. The standard InChI is InChI=1S/C17H15F4NO/c18-13-10-11(17(19,20)21)5-6-12(13)16(7-3-8-16)15(23)14-4-1-2-9-22-14/h1-2,4-6,9-10,15,23H,3,7-8H2/t15-/m1/s1. The predicted octanol–water partition coefficient (Wildman–Crippen LogP) is 4.39. The van der Waals surface area contributed by atoms with Crippen LogP contribution >= 0.6 is 0 Å². The number of benzene rings is 1. The number of pyridine rings is 1. The monoisotopic (exact) mass is 325 g/mol. The number of aromatic nitrogens is 1. The molecule has 0 spiro atoms. The van der Waals surface area contributed by atoms with Crippen LogP contribution in [0.1, 0.15) is 42.2 Å². The fourth-order valence-corrected chi connectivity index (χ4v) is 3.16. The highest BCUT2D eigenvalue weighted by Crippen LogP contribution is 2.52. The Morgan fingerprint density at radius 3 is 2.35 bits per heavy atom. The van der Waals surface area contributed by atoms with Crippen LogP contribution in [0.4, 0.5) is 17.6 Å². The van der Waals surface area contributed by atoms with E-state index >= 15 is 0 Å². The smallest absolute Gasteiger partial charge is 0.386 e. The third-order valence-corrected chi connectivity index (χ3v) is 4.57. The molecular weight excluding hydrogens is 310 g/mol. The van der Waals surface area contributed by atoms with Crippen molar-refractivity contribution in [3.05, 3.63) is 65.2 Å². The second kappa shape index (κ2) is 5.60. The molecule has 1 aromatic heterocycles. The zero-order valence-corrected chi connectivity index (χ0v) is 12.1. The molecule has 23 heavy (non-hydrogen) atoms. The Morgan fingerprint density at radius 2 is 1.87 bits per heavy atom. The fraction of sp³-hybridized carbons (Fsp3) is 0.353. The molecule has 0 saturated heterocycles. The largest absolute Gasteiger partial charge is 0.416 e. The maximum Gasteiger partial charge on any atom is 0.416 e. The van der Waals surface area contributed by atoms with Crippen molar-refractivity contribution >= 4 is 0 Å². The molecule has 122 valence electrons. The minimum Gasteiger partial charge on any atom is -0.386 e. The Hall–Kier alpha value is -1.95. The lowest BCUT2D eigenvalue weighted by atomic mass is 9.60. The summed E-state index contributed by atoms with van der Waals surface area (Å²) in [6.07, 6.45) is -2.33. The Morgan fingerprint density at radius 1 is 1.13 bits per heavy atom. The van der Waals surface area contributed by atoms with Crippen LogP contribution in [0.3, 0.4) is 0 Å². The van der Waals surface area contributed by atoms with Gasteiger partial charge in [-0.1, -0.05) is 18.6 Å². The lowest BCUT2D eigenvalue weighted by Crippen LogP contribution is -2.41. The van der Waals surface area contributed by atoms with Gasteiger partial charge < -0.3 is 5.11 Å². The number of rotatable bonds is 3. The van der Waals surface area contributed by atoms with Gasteiger partial charge in [-0.2, -0.15) is 13.2 Å². The molecule has 3 rings (SSSR count). The van der Waals surface area contributed by atoms with Gasteiger partial charge in [0.25, 0.3) is 0 Å². The second-order valence-electron chi connectivity index (χ2n) is 5.86. The summed E-state index contributed by atoms with van der Waals surface area (Å²) in [7, 11) is 0. The van der Waals surface area contributed by atoms with Crippen LogP contribution in [0.15, 0.2) is 42.6 Å². The van der Waals surface area contributed by atoms with Crippen molar-refractivity contribution in [1.82, 2.24) is 4.98 Å². The van der Waals surface area contributed by atoms with Crippen molar-refractivity contribution in [2.24, 2.45) is 0 Å². The van der Waals surface area contributed by atoms with Crippen LogP contribution in [0.5, 0.6) is 0 Å². The molecule has 0 unspecified atom stereocenters. The van der Waals surface area contributed by atoms with Gasteiger partial charge in [0.1, 0.15) is 11.9 Å². The van der Waals surface area contributed by atoms with Crippen LogP contribution in [-0.4, -0.2) is 10.1 Å². The summed E-state index contributed by atoms with van der Waals surface area (Å²) in [6, 6.07) is 7.55. The van der Waals surface area contributed by atoms with Gasteiger partial charge in [0.15, 0.2) is 0 Å². The van der Waals surface area contributed by atoms with E-state index in [1.165, 1.54) is 6.20 Å². The summed E-state index contributed by atoms with van der Waals surface area (Å²) in [6.45, 7) is 0. The Bertz CT molecular complexity index is 695. The van der Waals surface area contributed by atoms with E-state index in [4.69, 9.17) is 0 Å². The van der Waals surface area contributed by atoms with Crippen LogP contribution in [-0.2, 0) is 11.6 Å². The van der Waals surface area contributed by atoms with E-state index in [2.05, 4.69) is 4.98 Å². The zero-order chi connectivity index (χ0) is 16.7. The highest BCUT2D eigenvalue weighted by molar-refractivity contribution is 5.36. The quantitative estimate of drug-likeness (QED) is 0.849. The zero-order valence-electron chi connectivity index (χ0n) is 12.1. The molecular formula is C17H15F4NO. The summed E-state index contributed by atoms with van der Waals surface area (Å²) < 4.78 is 52.4. The number of aliphatic hydroxyl groups excluding tert-OH is 1. The van der Waals surface area contributed by atoms with Crippen molar-refractivity contribution in [2.45, 2.75) is 37.0 Å². The van der Waals surface area contributed by atoms with E-state index in [0.29, 0.717) is 24.6 Å². The third-order valence-electron chi connectivity index (χ3n) is 4.57. The topological polar surface area (TPSA) is 33.1 Å². The lowest BCUT2D eigenvalue weighted by molar-refractivity contribution is -0.137. The first-order valence-electron chi connectivity index (χ1n) is 7.31. The van der Waals surface area contributed by atoms with E-state index in [9.17, 15) is 22.7 Å². The SMILES string of the molecule is O[C@H](c1ccccn1)C1(c2ccc(C(F)(F)F)cc2F)CCC1. The highest BCUT2D eigenvalue weighted by Gasteiger charge is 2.48. The average molecular weight is 325 g/mol. The predicted molar refractivity (Wildman–Crippen MR) is 76.1 cm³/mol. The summed E-state index contributed by atoms with van der Waals surface area (Å²) in [5.74, 6) is -0.936. The summed E-state index contributed by atoms with van der Waals surface area (Å²) >= 11 is 0. The van der Waals surface area contributed by atoms with Crippen LogP contribution in [0.2, 0.25) is 0 Å². The summed E-state index contributed by atoms with van der Waals surface area (Å²) in [4.78, 5) is 4.09. The molecule has 1 fully saturated rings. The van der Waals surface area contributed by atoms with Gasteiger partial charge in [-0.05, 0) is 42.7 Å². The molecule has 1 aliphatic carbocycles. The maximum atomic E-state index is 14.3. The molecule has 0 bridgehead atoms. The van der Waals surface area contributed by atoms with Crippen molar-refractivity contribution in [3.8, 4) is 0 Å². The molecule has 2 nitrogen and oxygen atoms in total. The van der Waals surface area contributed by atoms with Crippen molar-refractivity contribution in [3.63, 3.8) is 0 Å². The van der Waals surface area contributed by atoms with Crippen LogP contribution in [0.25, 0.3) is 0 Å². The van der Waals surface area contributed by atoms with Gasteiger partial charge in [0.2, 0.25) is 0 Å². The second-order valence-corrected chi connectivity index (χ2v) is 5.86.